The Morgan fingerprint density at radius 2 is 1.83 bits per heavy atom. The van der Waals surface area contributed by atoms with Crippen molar-refractivity contribution < 1.29 is 56.0 Å². The first-order chi connectivity index (χ1) is 21.0. The number of alkyl halides is 3. The van der Waals surface area contributed by atoms with Gasteiger partial charge in [-0.15, -0.1) is 0 Å². The third-order valence-electron chi connectivity index (χ3n) is 7.94. The molecule has 4 N–H and O–H groups in total. The number of aliphatic hydroxyl groups excluding tert-OH is 1. The number of hydrogen-bond donors (Lipinski definition) is 3. The number of halogens is 3. The number of nitrogens with zero attached hydrogens (tertiary/aromatic N) is 2. The summed E-state index contributed by atoms with van der Waals surface area (Å²) in [5.41, 5.74) is 5.99. The number of aldehydes is 1. The Morgan fingerprint density at radius 3 is 2.26 bits per heavy atom. The molecule has 2 aliphatic rings. The van der Waals surface area contributed by atoms with E-state index in [1.54, 1.807) is 7.11 Å². The van der Waals surface area contributed by atoms with Crippen LogP contribution in [0.2, 0.25) is 0 Å². The SMILES string of the molecule is CC(C)(C)[C@H](O)C=O.CN1CCC(C(F)(F)F)C1[C-]=O.COc1ccc2nc(CCCCCC3CC3C)c(=O)[nH]c2c1.NC=O.[V]. The fourth-order valence-corrected chi connectivity index (χ4v) is 4.74. The molecular formula is C32H48F3N4O6V-. The quantitative estimate of drug-likeness (QED) is 0.199. The number of nitrogens with two attached hydrogens (primary N) is 1. The van der Waals surface area contributed by atoms with Crippen molar-refractivity contribution in [2.45, 2.75) is 91.0 Å². The van der Waals surface area contributed by atoms with Gasteiger partial charge in [-0.2, -0.15) is 13.2 Å². The van der Waals surface area contributed by atoms with E-state index in [4.69, 9.17) is 14.6 Å². The molecule has 1 saturated carbocycles. The van der Waals surface area contributed by atoms with E-state index in [9.17, 15) is 27.6 Å². The number of fused-ring (bicyclic) bond motifs is 1. The minimum atomic E-state index is -4.27. The molecule has 2 fully saturated rings. The smallest absolute Gasteiger partial charge is 0.391 e. The molecule has 2 aromatic rings. The molecule has 1 amide bonds. The Kier molecular flexibility index (Phi) is 19.3. The van der Waals surface area contributed by atoms with Gasteiger partial charge in [-0.3, -0.25) is 9.59 Å². The molecule has 5 atom stereocenters. The van der Waals surface area contributed by atoms with E-state index in [1.165, 1.54) is 43.9 Å². The van der Waals surface area contributed by atoms with E-state index in [0.29, 0.717) is 18.5 Å². The van der Waals surface area contributed by atoms with Crippen molar-refractivity contribution in [3.05, 3.63) is 34.2 Å². The number of H-pyrrole nitrogens is 1. The number of primary amides is 1. The Bertz CT molecular complexity index is 1270. The standard InChI is InChI=1S/C18H24N2O2.C7H9F3NO.C6H12O2.CH3NO.V/c1-12-10-13(12)6-4-3-5-7-16-18(21)20-17-11-14(22-2)8-9-15(17)19-16;1-11-3-2-5(6(11)4-12)7(8,9)10;1-6(2,3)5(8)4-7;2-1-3;/h8-9,11-13H,3-7,10H2,1-2H3,(H,20,21);5-6H,2-3H2,1H3;4-5,8H,1-3H3;1H,(H2,2,3);/q;-1;;;/t;;5-;;/m..1../s1. The number of aromatic amines is 1. The number of likely N-dealkylation sites (N-methyl/N-ethyl adjacent to an activating group) is 1. The van der Waals surface area contributed by atoms with Crippen molar-refractivity contribution in [1.29, 1.82) is 0 Å². The van der Waals surface area contributed by atoms with Crippen LogP contribution in [0.3, 0.4) is 0 Å². The third kappa shape index (κ3) is 14.8. The van der Waals surface area contributed by atoms with Gasteiger partial charge in [-0.25, -0.2) is 11.3 Å². The molecule has 4 rings (SSSR count). The van der Waals surface area contributed by atoms with Crippen LogP contribution in [0.5, 0.6) is 5.75 Å². The number of unbranched alkanes of at least 4 members (excludes halogenated alkanes) is 2. The molecule has 259 valence electrons. The Labute approximate surface area is 280 Å². The van der Waals surface area contributed by atoms with Crippen molar-refractivity contribution >= 4 is 30.0 Å². The Morgan fingerprint density at radius 1 is 1.22 bits per heavy atom. The summed E-state index contributed by atoms with van der Waals surface area (Å²) in [6.45, 7) is 8.08. The number of rotatable bonds is 9. The van der Waals surface area contributed by atoms with Gasteiger partial charge < -0.3 is 35.1 Å². The molecule has 1 aromatic carbocycles. The summed E-state index contributed by atoms with van der Waals surface area (Å²) < 4.78 is 41.7. The fraction of sp³-hybridized carbons (Fsp3) is 0.656. The van der Waals surface area contributed by atoms with Crippen molar-refractivity contribution in [3.8, 4) is 5.75 Å². The molecule has 4 unspecified atom stereocenters. The normalized spacial score (nSPS) is 21.1. The summed E-state index contributed by atoms with van der Waals surface area (Å²) in [5.74, 6) is 1.12. The van der Waals surface area contributed by atoms with Crippen LogP contribution in [0.25, 0.3) is 11.0 Å². The molecule has 1 radical (unpaired) electrons. The number of benzene rings is 1. The maximum Gasteiger partial charge on any atom is 0.391 e. The van der Waals surface area contributed by atoms with Crippen molar-refractivity contribution in [1.82, 2.24) is 14.9 Å². The second-order valence-corrected chi connectivity index (χ2v) is 12.5. The first-order valence-electron chi connectivity index (χ1n) is 15.0. The number of carbonyl (C=O) groups excluding carboxylic acids is 3. The molecule has 1 aromatic heterocycles. The van der Waals surface area contributed by atoms with Gasteiger partial charge in [0.1, 0.15) is 23.8 Å². The van der Waals surface area contributed by atoms with Crippen LogP contribution in [0, 0.1) is 23.2 Å². The zero-order valence-corrected chi connectivity index (χ0v) is 28.9. The first-order valence-corrected chi connectivity index (χ1v) is 15.0. The molecule has 1 aliphatic heterocycles. The summed E-state index contributed by atoms with van der Waals surface area (Å²) in [6.07, 6.45) is 4.15. The molecule has 14 heteroatoms. The second kappa shape index (κ2) is 20.5. The topological polar surface area (TPSA) is 156 Å². The number of methoxy groups -OCH3 is 1. The minimum Gasteiger partial charge on any atom is -0.540 e. The number of amides is 1. The molecule has 10 nitrogen and oxygen atoms in total. The van der Waals surface area contributed by atoms with Crippen LogP contribution in [0.1, 0.15) is 71.9 Å². The van der Waals surface area contributed by atoms with Gasteiger partial charge in [-0.1, -0.05) is 53.0 Å². The van der Waals surface area contributed by atoms with Gasteiger partial charge in [0.2, 0.25) is 6.41 Å². The van der Waals surface area contributed by atoms with Gasteiger partial charge in [0.15, 0.2) is 0 Å². The van der Waals surface area contributed by atoms with E-state index in [-0.39, 0.29) is 42.4 Å². The van der Waals surface area contributed by atoms with E-state index >= 15 is 0 Å². The van der Waals surface area contributed by atoms with Crippen LogP contribution >= 0.6 is 0 Å². The molecule has 46 heavy (non-hydrogen) atoms. The monoisotopic (exact) mass is 692 g/mol. The van der Waals surface area contributed by atoms with Crippen LogP contribution in [-0.4, -0.2) is 78.0 Å². The molecule has 1 aliphatic carbocycles. The van der Waals surface area contributed by atoms with Crippen molar-refractivity contribution in [2.24, 2.45) is 28.9 Å². The fourth-order valence-electron chi connectivity index (χ4n) is 4.74. The Hall–Kier alpha value is -2.74. The number of aliphatic hydroxyl groups is 1. The molecule has 0 bridgehead atoms. The zero-order valence-electron chi connectivity index (χ0n) is 27.5. The predicted molar refractivity (Wildman–Crippen MR) is 166 cm³/mol. The summed E-state index contributed by atoms with van der Waals surface area (Å²) >= 11 is 0. The van der Waals surface area contributed by atoms with E-state index in [2.05, 4.69) is 22.6 Å². The summed E-state index contributed by atoms with van der Waals surface area (Å²) in [4.78, 5) is 49.6. The number of carbonyl (C=O) groups is 2. The summed E-state index contributed by atoms with van der Waals surface area (Å²) in [5, 5.41) is 8.83. The number of hydrogen-bond acceptors (Lipinski definition) is 8. The van der Waals surface area contributed by atoms with Gasteiger partial charge in [-0.05, 0) is 68.7 Å². The average Bonchev–Trinajstić information content (AvgIpc) is 3.53. The largest absolute Gasteiger partial charge is 0.540 e. The minimum absolute atomic E-state index is 0. The molecule has 1 saturated heterocycles. The number of aromatic nitrogens is 2. The van der Waals surface area contributed by atoms with Crippen LogP contribution in [-0.2, 0) is 39.4 Å². The van der Waals surface area contributed by atoms with Crippen LogP contribution in [0.4, 0.5) is 13.2 Å². The summed E-state index contributed by atoms with van der Waals surface area (Å²) in [7, 11) is 3.12. The molecule has 2 heterocycles. The van der Waals surface area contributed by atoms with Gasteiger partial charge in [0.05, 0.1) is 18.1 Å². The van der Waals surface area contributed by atoms with E-state index < -0.39 is 24.2 Å². The van der Waals surface area contributed by atoms with Crippen molar-refractivity contribution in [3.63, 3.8) is 0 Å². The van der Waals surface area contributed by atoms with Gasteiger partial charge in [0.25, 0.3) is 5.56 Å². The van der Waals surface area contributed by atoms with E-state index in [1.807, 2.05) is 39.0 Å². The van der Waals surface area contributed by atoms with E-state index in [0.717, 1.165) is 41.5 Å². The number of ether oxygens (including phenoxy) is 1. The maximum absolute atomic E-state index is 12.2. The third-order valence-corrected chi connectivity index (χ3v) is 7.94. The van der Waals surface area contributed by atoms with Crippen LogP contribution < -0.4 is 16.0 Å². The number of aryl methyl sites for hydroxylation is 1. The zero-order chi connectivity index (χ0) is 34.4. The number of likely N-dealkylation sites (tertiary alicyclic amines) is 1. The maximum atomic E-state index is 12.2. The summed E-state index contributed by atoms with van der Waals surface area (Å²) in [6, 6.07) is 4.46. The van der Waals surface area contributed by atoms with Crippen molar-refractivity contribution in [2.75, 3.05) is 20.7 Å². The molecular weight excluding hydrogens is 644 g/mol. The average molecular weight is 693 g/mol. The number of nitrogens with one attached hydrogen (secondary N) is 1. The predicted octanol–water partition coefficient (Wildman–Crippen LogP) is 4.36. The first kappa shape index (κ1) is 43.3. The van der Waals surface area contributed by atoms with Gasteiger partial charge >= 0.3 is 6.18 Å². The van der Waals surface area contributed by atoms with Crippen LogP contribution in [0.15, 0.2) is 23.0 Å². The van der Waals surface area contributed by atoms with Gasteiger partial charge in [0, 0.05) is 30.5 Å². The second-order valence-electron chi connectivity index (χ2n) is 12.5. The Balaban J connectivity index is 0.000000713. The molecule has 0 spiro atoms.